The maximum absolute atomic E-state index is 12.0. The molecule has 5 heteroatoms. The zero-order chi connectivity index (χ0) is 17.2. The van der Waals surface area contributed by atoms with Crippen molar-refractivity contribution >= 4 is 17.8 Å². The summed E-state index contributed by atoms with van der Waals surface area (Å²) in [5.74, 6) is 0.0323. The molecule has 0 fully saturated rings. The van der Waals surface area contributed by atoms with Crippen LogP contribution in [0.1, 0.15) is 39.9 Å². The van der Waals surface area contributed by atoms with E-state index in [9.17, 15) is 9.90 Å². The summed E-state index contributed by atoms with van der Waals surface area (Å²) in [6.45, 7) is 2.14. The number of hydrogen-bond acceptors (Lipinski definition) is 4. The standard InChI is InChI=1S/C20H21N3O2/c24-19-16(13-21-22-20(25)14-6-2-1-3-7-14)12-15-8-4-10-23-11-5-9-17(19)18(15)23/h1-3,6-7,12-13,24H,4-5,8-11H2,(H,22,25)/b21-13+. The molecule has 0 aromatic heterocycles. The zero-order valence-electron chi connectivity index (χ0n) is 14.0. The molecule has 4 rings (SSSR count). The third-order valence-electron chi connectivity index (χ3n) is 4.93. The van der Waals surface area contributed by atoms with Crippen LogP contribution in [0, 0.1) is 0 Å². The summed E-state index contributed by atoms with van der Waals surface area (Å²) in [6.07, 6.45) is 5.66. The van der Waals surface area contributed by atoms with Crippen molar-refractivity contribution in [2.24, 2.45) is 5.10 Å². The van der Waals surface area contributed by atoms with Crippen LogP contribution in [0.25, 0.3) is 0 Å². The van der Waals surface area contributed by atoms with Crippen molar-refractivity contribution in [3.8, 4) is 5.75 Å². The predicted octanol–water partition coefficient (Wildman–Crippen LogP) is 2.85. The van der Waals surface area contributed by atoms with Gasteiger partial charge in [-0.05, 0) is 49.4 Å². The molecule has 2 aromatic rings. The third-order valence-corrected chi connectivity index (χ3v) is 4.93. The number of carbonyl (C=O) groups excluding carboxylic acids is 1. The molecule has 0 atom stereocenters. The molecule has 0 radical (unpaired) electrons. The van der Waals surface area contributed by atoms with E-state index in [1.54, 1.807) is 18.3 Å². The average Bonchev–Trinajstić information content (AvgIpc) is 2.66. The quantitative estimate of drug-likeness (QED) is 0.670. The number of aryl methyl sites for hydroxylation is 1. The van der Waals surface area contributed by atoms with E-state index in [0.29, 0.717) is 16.9 Å². The van der Waals surface area contributed by atoms with E-state index in [2.05, 4.69) is 15.4 Å². The molecule has 0 saturated heterocycles. The molecule has 2 aliphatic rings. The smallest absolute Gasteiger partial charge is 0.271 e. The number of nitrogens with zero attached hydrogens (tertiary/aromatic N) is 2. The topological polar surface area (TPSA) is 64.9 Å². The summed E-state index contributed by atoms with van der Waals surface area (Å²) in [6, 6.07) is 11.0. The SMILES string of the molecule is O=C(N/N=C/c1cc2c3c(c1O)CCCN3CCC2)c1ccccc1. The Bertz CT molecular complexity index is 829. The number of hydrogen-bond donors (Lipinski definition) is 2. The molecule has 0 bridgehead atoms. The lowest BCUT2D eigenvalue weighted by Gasteiger charge is -2.37. The van der Waals surface area contributed by atoms with Crippen LogP contribution in [0.15, 0.2) is 41.5 Å². The molecule has 128 valence electrons. The number of carbonyl (C=O) groups is 1. The summed E-state index contributed by atoms with van der Waals surface area (Å²) in [5.41, 5.74) is 7.27. The summed E-state index contributed by atoms with van der Waals surface area (Å²) in [4.78, 5) is 14.4. The first kappa shape index (κ1) is 15.7. The van der Waals surface area contributed by atoms with Crippen LogP contribution >= 0.6 is 0 Å². The molecular weight excluding hydrogens is 314 g/mol. The van der Waals surface area contributed by atoms with E-state index in [1.807, 2.05) is 24.3 Å². The summed E-state index contributed by atoms with van der Waals surface area (Å²) >= 11 is 0. The van der Waals surface area contributed by atoms with E-state index in [-0.39, 0.29) is 5.91 Å². The molecule has 0 saturated carbocycles. The molecule has 2 N–H and O–H groups in total. The van der Waals surface area contributed by atoms with Gasteiger partial charge in [0, 0.05) is 35.5 Å². The molecular formula is C20H21N3O2. The summed E-state index contributed by atoms with van der Waals surface area (Å²) < 4.78 is 0. The van der Waals surface area contributed by atoms with E-state index < -0.39 is 0 Å². The Morgan fingerprint density at radius 2 is 1.92 bits per heavy atom. The van der Waals surface area contributed by atoms with E-state index in [1.165, 1.54) is 11.3 Å². The van der Waals surface area contributed by atoms with Crippen molar-refractivity contribution in [3.63, 3.8) is 0 Å². The van der Waals surface area contributed by atoms with Crippen LogP contribution in [-0.4, -0.2) is 30.3 Å². The Hall–Kier alpha value is -2.82. The minimum atomic E-state index is -0.262. The van der Waals surface area contributed by atoms with Crippen LogP contribution in [-0.2, 0) is 12.8 Å². The second-order valence-electron chi connectivity index (χ2n) is 6.56. The van der Waals surface area contributed by atoms with Crippen molar-refractivity contribution in [2.75, 3.05) is 18.0 Å². The predicted molar refractivity (Wildman–Crippen MR) is 98.5 cm³/mol. The summed E-state index contributed by atoms with van der Waals surface area (Å²) in [7, 11) is 0. The normalized spacial score (nSPS) is 15.9. The highest BCUT2D eigenvalue weighted by Crippen LogP contribution is 2.41. The number of aromatic hydroxyl groups is 1. The highest BCUT2D eigenvalue weighted by Gasteiger charge is 2.27. The van der Waals surface area contributed by atoms with Gasteiger partial charge in [0.15, 0.2) is 0 Å². The number of phenols is 1. The van der Waals surface area contributed by atoms with Gasteiger partial charge >= 0.3 is 0 Å². The molecule has 5 nitrogen and oxygen atoms in total. The molecule has 25 heavy (non-hydrogen) atoms. The van der Waals surface area contributed by atoms with Gasteiger partial charge < -0.3 is 10.0 Å². The number of amides is 1. The van der Waals surface area contributed by atoms with Crippen molar-refractivity contribution < 1.29 is 9.90 Å². The van der Waals surface area contributed by atoms with Gasteiger partial charge in [0.2, 0.25) is 0 Å². The second kappa shape index (κ2) is 6.59. The van der Waals surface area contributed by atoms with Crippen molar-refractivity contribution in [2.45, 2.75) is 25.7 Å². The fourth-order valence-corrected chi connectivity index (χ4v) is 3.78. The third kappa shape index (κ3) is 2.97. The molecule has 2 aromatic carbocycles. The van der Waals surface area contributed by atoms with Crippen LogP contribution in [0.3, 0.4) is 0 Å². The van der Waals surface area contributed by atoms with Gasteiger partial charge in [-0.15, -0.1) is 0 Å². The lowest BCUT2D eigenvalue weighted by Crippen LogP contribution is -2.34. The molecule has 2 heterocycles. The lowest BCUT2D eigenvalue weighted by atomic mass is 9.89. The number of anilines is 1. The average molecular weight is 335 g/mol. The van der Waals surface area contributed by atoms with Crippen LogP contribution < -0.4 is 10.3 Å². The molecule has 0 unspecified atom stereocenters. The van der Waals surface area contributed by atoms with Gasteiger partial charge in [0.25, 0.3) is 5.91 Å². The van der Waals surface area contributed by atoms with Gasteiger partial charge in [-0.3, -0.25) is 4.79 Å². The lowest BCUT2D eigenvalue weighted by molar-refractivity contribution is 0.0955. The van der Waals surface area contributed by atoms with Crippen LogP contribution in [0.5, 0.6) is 5.75 Å². The highest BCUT2D eigenvalue weighted by atomic mass is 16.3. The van der Waals surface area contributed by atoms with Crippen LogP contribution in [0.2, 0.25) is 0 Å². The Morgan fingerprint density at radius 1 is 1.16 bits per heavy atom. The number of benzene rings is 2. The molecule has 1 amide bonds. The number of hydrazone groups is 1. The molecule has 0 aliphatic carbocycles. The second-order valence-corrected chi connectivity index (χ2v) is 6.56. The van der Waals surface area contributed by atoms with Gasteiger partial charge in [0.05, 0.1) is 6.21 Å². The molecule has 2 aliphatic heterocycles. The minimum Gasteiger partial charge on any atom is -0.507 e. The van der Waals surface area contributed by atoms with Gasteiger partial charge in [-0.25, -0.2) is 5.43 Å². The maximum atomic E-state index is 12.0. The van der Waals surface area contributed by atoms with Crippen LogP contribution in [0.4, 0.5) is 5.69 Å². The Kier molecular flexibility index (Phi) is 4.14. The van der Waals surface area contributed by atoms with Crippen molar-refractivity contribution in [1.82, 2.24) is 5.43 Å². The highest BCUT2D eigenvalue weighted by molar-refractivity contribution is 5.95. The minimum absolute atomic E-state index is 0.262. The zero-order valence-corrected chi connectivity index (χ0v) is 14.0. The first-order valence-corrected chi connectivity index (χ1v) is 8.75. The fraction of sp³-hybridized carbons (Fsp3) is 0.300. The summed E-state index contributed by atoms with van der Waals surface area (Å²) in [5, 5.41) is 14.7. The van der Waals surface area contributed by atoms with E-state index in [0.717, 1.165) is 44.3 Å². The Balaban J connectivity index is 1.58. The first-order valence-electron chi connectivity index (χ1n) is 8.75. The monoisotopic (exact) mass is 335 g/mol. The maximum Gasteiger partial charge on any atom is 0.271 e. The van der Waals surface area contributed by atoms with Crippen molar-refractivity contribution in [3.05, 3.63) is 58.7 Å². The number of rotatable bonds is 3. The van der Waals surface area contributed by atoms with E-state index >= 15 is 0 Å². The van der Waals surface area contributed by atoms with Gasteiger partial charge in [-0.2, -0.15) is 5.10 Å². The number of nitrogens with one attached hydrogen (secondary N) is 1. The first-order chi connectivity index (χ1) is 12.2. The Labute approximate surface area is 147 Å². The van der Waals surface area contributed by atoms with Crippen molar-refractivity contribution in [1.29, 1.82) is 0 Å². The van der Waals surface area contributed by atoms with E-state index in [4.69, 9.17) is 0 Å². The Morgan fingerprint density at radius 3 is 2.72 bits per heavy atom. The largest absolute Gasteiger partial charge is 0.507 e. The van der Waals surface area contributed by atoms with Gasteiger partial charge in [-0.1, -0.05) is 18.2 Å². The fourth-order valence-electron chi connectivity index (χ4n) is 3.78. The molecule has 0 spiro atoms. The number of phenolic OH excluding ortho intramolecular Hbond substituents is 1. The van der Waals surface area contributed by atoms with Gasteiger partial charge in [0.1, 0.15) is 5.75 Å².